The minimum Gasteiger partial charge on any atom is -0.313 e. The van der Waals surface area contributed by atoms with Gasteiger partial charge in [0.1, 0.15) is 0 Å². The Morgan fingerprint density at radius 1 is 1.36 bits per heavy atom. The van der Waals surface area contributed by atoms with E-state index in [1.165, 1.54) is 50.5 Å². The predicted octanol–water partition coefficient (Wildman–Crippen LogP) is 1.42. The molecule has 0 spiro atoms. The van der Waals surface area contributed by atoms with Crippen molar-refractivity contribution in [1.82, 2.24) is 10.2 Å². The minimum absolute atomic E-state index is 0.758. The minimum atomic E-state index is 0.758. The molecule has 0 radical (unpaired) electrons. The van der Waals surface area contributed by atoms with Crippen LogP contribution in [0.3, 0.4) is 0 Å². The average Bonchev–Trinajstić information content (AvgIpc) is 3.02. The standard InChI is InChI=1S/C11H22N2S/c1-10(11-2-3-11)12-4-5-13-6-8-14-9-7-13/h10-12H,2-9H2,1H3. The molecular formula is C11H22N2S. The van der Waals surface area contributed by atoms with E-state index in [0.717, 1.165) is 12.0 Å². The molecule has 0 amide bonds. The number of hydrogen-bond acceptors (Lipinski definition) is 3. The molecule has 1 N–H and O–H groups in total. The van der Waals surface area contributed by atoms with Crippen LogP contribution in [0.5, 0.6) is 0 Å². The Morgan fingerprint density at radius 3 is 2.71 bits per heavy atom. The summed E-state index contributed by atoms with van der Waals surface area (Å²) in [5, 5.41) is 3.64. The quantitative estimate of drug-likeness (QED) is 0.745. The van der Waals surface area contributed by atoms with Crippen LogP contribution in [0.4, 0.5) is 0 Å². The maximum atomic E-state index is 3.64. The van der Waals surface area contributed by atoms with E-state index in [0.29, 0.717) is 0 Å². The van der Waals surface area contributed by atoms with Crippen LogP contribution in [0, 0.1) is 5.92 Å². The van der Waals surface area contributed by atoms with Gasteiger partial charge in [0, 0.05) is 43.7 Å². The molecular weight excluding hydrogens is 192 g/mol. The third-order valence-corrected chi connectivity index (χ3v) is 4.27. The molecule has 14 heavy (non-hydrogen) atoms. The summed E-state index contributed by atoms with van der Waals surface area (Å²) < 4.78 is 0. The fourth-order valence-corrected chi connectivity index (χ4v) is 3.02. The van der Waals surface area contributed by atoms with Gasteiger partial charge in [0.25, 0.3) is 0 Å². The van der Waals surface area contributed by atoms with Crippen LogP contribution in [0.15, 0.2) is 0 Å². The van der Waals surface area contributed by atoms with Gasteiger partial charge in [-0.3, -0.25) is 0 Å². The molecule has 1 saturated carbocycles. The third-order valence-electron chi connectivity index (χ3n) is 3.33. The molecule has 2 fully saturated rings. The fraction of sp³-hybridized carbons (Fsp3) is 1.00. The van der Waals surface area contributed by atoms with E-state index in [-0.39, 0.29) is 0 Å². The van der Waals surface area contributed by atoms with Crippen molar-refractivity contribution < 1.29 is 0 Å². The Labute approximate surface area is 91.8 Å². The molecule has 2 rings (SSSR count). The highest BCUT2D eigenvalue weighted by Crippen LogP contribution is 2.32. The molecule has 1 aliphatic heterocycles. The first-order chi connectivity index (χ1) is 6.86. The van der Waals surface area contributed by atoms with Gasteiger partial charge in [0.15, 0.2) is 0 Å². The summed E-state index contributed by atoms with van der Waals surface area (Å²) in [6, 6.07) is 0.758. The summed E-state index contributed by atoms with van der Waals surface area (Å²) >= 11 is 2.09. The van der Waals surface area contributed by atoms with E-state index in [1.807, 2.05) is 0 Å². The maximum absolute atomic E-state index is 3.64. The third kappa shape index (κ3) is 3.44. The second-order valence-electron chi connectivity index (χ2n) is 4.53. The number of thioether (sulfide) groups is 1. The molecule has 0 aromatic heterocycles. The van der Waals surface area contributed by atoms with Crippen LogP contribution in [-0.2, 0) is 0 Å². The van der Waals surface area contributed by atoms with E-state index < -0.39 is 0 Å². The SMILES string of the molecule is CC(NCCN1CCSCC1)C1CC1. The summed E-state index contributed by atoms with van der Waals surface area (Å²) in [5.74, 6) is 3.66. The molecule has 0 bridgehead atoms. The Morgan fingerprint density at radius 2 is 2.07 bits per heavy atom. The second kappa shape index (κ2) is 5.38. The lowest BCUT2D eigenvalue weighted by molar-refractivity contribution is 0.294. The highest BCUT2D eigenvalue weighted by Gasteiger charge is 2.27. The fourth-order valence-electron chi connectivity index (χ4n) is 2.04. The van der Waals surface area contributed by atoms with Crippen LogP contribution >= 0.6 is 11.8 Å². The van der Waals surface area contributed by atoms with E-state index in [2.05, 4.69) is 28.9 Å². The summed E-state index contributed by atoms with van der Waals surface area (Å²) in [4.78, 5) is 2.59. The lowest BCUT2D eigenvalue weighted by Crippen LogP contribution is -2.40. The van der Waals surface area contributed by atoms with Gasteiger partial charge in [-0.2, -0.15) is 11.8 Å². The summed E-state index contributed by atoms with van der Waals surface area (Å²) in [5.41, 5.74) is 0. The topological polar surface area (TPSA) is 15.3 Å². The first kappa shape index (κ1) is 10.8. The summed E-state index contributed by atoms with van der Waals surface area (Å²) in [6.07, 6.45) is 2.91. The van der Waals surface area contributed by atoms with Crippen LogP contribution in [0.1, 0.15) is 19.8 Å². The number of nitrogens with zero attached hydrogens (tertiary/aromatic N) is 1. The lowest BCUT2D eigenvalue weighted by Gasteiger charge is -2.26. The molecule has 2 nitrogen and oxygen atoms in total. The molecule has 1 heterocycles. The Hall–Kier alpha value is 0.270. The Bertz CT molecular complexity index is 165. The molecule has 1 saturated heterocycles. The van der Waals surface area contributed by atoms with Gasteiger partial charge >= 0.3 is 0 Å². The zero-order chi connectivity index (χ0) is 9.80. The van der Waals surface area contributed by atoms with Crippen LogP contribution < -0.4 is 5.32 Å². The smallest absolute Gasteiger partial charge is 0.0108 e. The second-order valence-corrected chi connectivity index (χ2v) is 5.76. The molecule has 1 atom stereocenters. The predicted molar refractivity (Wildman–Crippen MR) is 64.0 cm³/mol. The van der Waals surface area contributed by atoms with Crippen molar-refractivity contribution in [2.45, 2.75) is 25.8 Å². The van der Waals surface area contributed by atoms with Crippen LogP contribution in [0.25, 0.3) is 0 Å². The number of hydrogen-bond donors (Lipinski definition) is 1. The maximum Gasteiger partial charge on any atom is 0.0108 e. The van der Waals surface area contributed by atoms with Gasteiger partial charge < -0.3 is 10.2 Å². The van der Waals surface area contributed by atoms with Crippen molar-refractivity contribution in [2.75, 3.05) is 37.7 Å². The monoisotopic (exact) mass is 214 g/mol. The Kier molecular flexibility index (Phi) is 4.14. The van der Waals surface area contributed by atoms with Crippen molar-refractivity contribution >= 4 is 11.8 Å². The molecule has 2 aliphatic rings. The molecule has 82 valence electrons. The summed E-state index contributed by atoms with van der Waals surface area (Å²) in [6.45, 7) is 7.36. The molecule has 0 aromatic carbocycles. The largest absolute Gasteiger partial charge is 0.313 e. The van der Waals surface area contributed by atoms with Gasteiger partial charge in [0.2, 0.25) is 0 Å². The van der Waals surface area contributed by atoms with Crippen LogP contribution in [-0.4, -0.2) is 48.6 Å². The molecule has 1 unspecified atom stereocenters. The van der Waals surface area contributed by atoms with E-state index >= 15 is 0 Å². The van der Waals surface area contributed by atoms with Crippen molar-refractivity contribution in [1.29, 1.82) is 0 Å². The zero-order valence-corrected chi connectivity index (χ0v) is 9.98. The number of nitrogens with one attached hydrogen (secondary N) is 1. The molecule has 1 aliphatic carbocycles. The zero-order valence-electron chi connectivity index (χ0n) is 9.17. The Balaban J connectivity index is 1.52. The average molecular weight is 214 g/mol. The van der Waals surface area contributed by atoms with Gasteiger partial charge in [-0.15, -0.1) is 0 Å². The highest BCUT2D eigenvalue weighted by molar-refractivity contribution is 7.99. The van der Waals surface area contributed by atoms with E-state index in [9.17, 15) is 0 Å². The normalized spacial score (nSPS) is 26.4. The number of rotatable bonds is 5. The lowest BCUT2D eigenvalue weighted by atomic mass is 10.2. The first-order valence-corrected chi connectivity index (χ1v) is 7.05. The van der Waals surface area contributed by atoms with Gasteiger partial charge in [-0.1, -0.05) is 0 Å². The molecule has 3 heteroatoms. The van der Waals surface area contributed by atoms with Crippen molar-refractivity contribution in [3.8, 4) is 0 Å². The van der Waals surface area contributed by atoms with Gasteiger partial charge in [0.05, 0.1) is 0 Å². The van der Waals surface area contributed by atoms with E-state index in [4.69, 9.17) is 0 Å². The first-order valence-electron chi connectivity index (χ1n) is 5.90. The van der Waals surface area contributed by atoms with Gasteiger partial charge in [-0.05, 0) is 25.7 Å². The van der Waals surface area contributed by atoms with E-state index in [1.54, 1.807) is 0 Å². The molecule has 0 aromatic rings. The van der Waals surface area contributed by atoms with Crippen LogP contribution in [0.2, 0.25) is 0 Å². The summed E-state index contributed by atoms with van der Waals surface area (Å²) in [7, 11) is 0. The van der Waals surface area contributed by atoms with Crippen molar-refractivity contribution in [2.24, 2.45) is 5.92 Å². The highest BCUT2D eigenvalue weighted by atomic mass is 32.2. The van der Waals surface area contributed by atoms with Crippen molar-refractivity contribution in [3.63, 3.8) is 0 Å². The van der Waals surface area contributed by atoms with Gasteiger partial charge in [-0.25, -0.2) is 0 Å². The van der Waals surface area contributed by atoms with Crippen molar-refractivity contribution in [3.05, 3.63) is 0 Å².